The lowest BCUT2D eigenvalue weighted by molar-refractivity contribution is -0.139. The predicted octanol–water partition coefficient (Wildman–Crippen LogP) is 8.40. The third-order valence-electron chi connectivity index (χ3n) is 10.1. The Morgan fingerprint density at radius 1 is 0.811 bits per heavy atom. The van der Waals surface area contributed by atoms with Crippen LogP contribution in [0.5, 0.6) is 0 Å². The summed E-state index contributed by atoms with van der Waals surface area (Å²) >= 11 is 0. The number of hydrogen-bond acceptors (Lipinski definition) is 5. The van der Waals surface area contributed by atoms with Crippen molar-refractivity contribution in [3.63, 3.8) is 0 Å². The van der Waals surface area contributed by atoms with Gasteiger partial charge in [0, 0.05) is 29.9 Å². The van der Waals surface area contributed by atoms with Crippen LogP contribution < -0.4 is 10.2 Å². The minimum absolute atomic E-state index is 0.150. The van der Waals surface area contributed by atoms with E-state index in [1.807, 2.05) is 108 Å². The second kappa shape index (κ2) is 15.5. The highest BCUT2D eigenvalue weighted by Gasteiger charge is 2.39. The Bertz CT molecular complexity index is 2090. The first-order valence-electron chi connectivity index (χ1n) is 17.7. The number of aliphatic carboxylic acids is 1. The van der Waals surface area contributed by atoms with E-state index >= 15 is 0 Å². The SMILES string of the molecule is O=C(O)[C@@H](N=C(c1ccccc1)c1ccccc1NC(=O)[C@@H]1CCCN1Cc1ccccc1)[C@H]1c2ccccc2CCN1c1ccc(C(F)(F)F)cc1. The number of carboxylic acid groups (broad SMARTS) is 1. The van der Waals surface area contributed by atoms with E-state index < -0.39 is 29.8 Å². The molecule has 5 aromatic carbocycles. The standard InChI is InChI=1S/C43H39F3N4O3/c44-43(45,46)32-21-23-33(24-22-32)50-27-25-30-14-7-8-17-34(30)40(50)39(42(52)53)48-38(31-15-5-2-6-16-31)35-18-9-10-19-36(35)47-41(51)37-20-11-26-49(37)28-29-12-3-1-4-13-29/h1-10,12-19,21-24,37,39-40H,11,20,25-28H2,(H,47,51)(H,52,53)/t37-,39-,40+/m0/s1. The predicted molar refractivity (Wildman–Crippen MR) is 200 cm³/mol. The van der Waals surface area contributed by atoms with Crippen molar-refractivity contribution in [1.29, 1.82) is 0 Å². The third kappa shape index (κ3) is 7.88. The van der Waals surface area contributed by atoms with Crippen molar-refractivity contribution in [3.05, 3.63) is 167 Å². The zero-order valence-electron chi connectivity index (χ0n) is 28.9. The number of alkyl halides is 3. The van der Waals surface area contributed by atoms with Crippen LogP contribution in [0.1, 0.15) is 52.3 Å². The number of nitrogens with zero attached hydrogens (tertiary/aromatic N) is 3. The third-order valence-corrected chi connectivity index (χ3v) is 10.1. The van der Waals surface area contributed by atoms with Gasteiger partial charge in [-0.05, 0) is 72.8 Å². The molecule has 2 aliphatic rings. The molecular formula is C43H39F3N4O3. The van der Waals surface area contributed by atoms with Gasteiger partial charge in [0.1, 0.15) is 0 Å². The van der Waals surface area contributed by atoms with Crippen LogP contribution in [0, 0.1) is 0 Å². The Morgan fingerprint density at radius 2 is 1.47 bits per heavy atom. The molecule has 5 aromatic rings. The molecular weight excluding hydrogens is 677 g/mol. The van der Waals surface area contributed by atoms with Crippen LogP contribution in [-0.2, 0) is 28.7 Å². The number of anilines is 2. The van der Waals surface area contributed by atoms with Crippen LogP contribution in [0.2, 0.25) is 0 Å². The highest BCUT2D eigenvalue weighted by molar-refractivity contribution is 6.17. The van der Waals surface area contributed by atoms with E-state index in [1.54, 1.807) is 6.07 Å². The molecule has 7 nitrogen and oxygen atoms in total. The van der Waals surface area contributed by atoms with Crippen molar-refractivity contribution >= 4 is 29.0 Å². The van der Waals surface area contributed by atoms with E-state index in [0.717, 1.165) is 41.8 Å². The van der Waals surface area contributed by atoms with Gasteiger partial charge in [0.05, 0.1) is 29.0 Å². The minimum atomic E-state index is -4.51. The molecule has 7 rings (SSSR count). The summed E-state index contributed by atoms with van der Waals surface area (Å²) < 4.78 is 40.5. The Morgan fingerprint density at radius 3 is 2.19 bits per heavy atom. The molecule has 53 heavy (non-hydrogen) atoms. The number of halogens is 3. The van der Waals surface area contributed by atoms with Crippen LogP contribution in [-0.4, -0.2) is 52.8 Å². The van der Waals surface area contributed by atoms with Crippen molar-refractivity contribution in [1.82, 2.24) is 4.90 Å². The highest BCUT2D eigenvalue weighted by Crippen LogP contribution is 2.39. The molecule has 10 heteroatoms. The Kier molecular flexibility index (Phi) is 10.4. The number of rotatable bonds is 10. The van der Waals surface area contributed by atoms with Crippen molar-refractivity contribution in [3.8, 4) is 0 Å². The van der Waals surface area contributed by atoms with Crippen LogP contribution in [0.15, 0.2) is 138 Å². The van der Waals surface area contributed by atoms with Crippen LogP contribution in [0.3, 0.4) is 0 Å². The smallest absolute Gasteiger partial charge is 0.416 e. The zero-order valence-corrected chi connectivity index (χ0v) is 28.9. The fourth-order valence-electron chi connectivity index (χ4n) is 7.51. The number of amides is 1. The van der Waals surface area contributed by atoms with E-state index in [4.69, 9.17) is 4.99 Å². The number of carboxylic acids is 1. The lowest BCUT2D eigenvalue weighted by Gasteiger charge is -2.41. The van der Waals surface area contributed by atoms with E-state index in [9.17, 15) is 27.9 Å². The minimum Gasteiger partial charge on any atom is -0.480 e. The summed E-state index contributed by atoms with van der Waals surface area (Å²) in [5.41, 5.74) is 4.57. The van der Waals surface area contributed by atoms with Crippen molar-refractivity contribution in [2.24, 2.45) is 4.99 Å². The molecule has 3 atom stereocenters. The van der Waals surface area contributed by atoms with Gasteiger partial charge in [-0.3, -0.25) is 14.7 Å². The molecule has 0 unspecified atom stereocenters. The number of nitrogens with one attached hydrogen (secondary N) is 1. The molecule has 1 amide bonds. The molecule has 2 aliphatic heterocycles. The number of carbonyl (C=O) groups is 2. The van der Waals surface area contributed by atoms with Gasteiger partial charge in [0.2, 0.25) is 5.91 Å². The van der Waals surface area contributed by atoms with E-state index in [1.165, 1.54) is 12.1 Å². The van der Waals surface area contributed by atoms with Crippen molar-refractivity contribution < 1.29 is 27.9 Å². The largest absolute Gasteiger partial charge is 0.480 e. The highest BCUT2D eigenvalue weighted by atomic mass is 19.4. The summed E-state index contributed by atoms with van der Waals surface area (Å²) in [6, 6.07) is 36.3. The van der Waals surface area contributed by atoms with Gasteiger partial charge in [0.25, 0.3) is 0 Å². The van der Waals surface area contributed by atoms with Gasteiger partial charge in [-0.2, -0.15) is 13.2 Å². The summed E-state index contributed by atoms with van der Waals surface area (Å²) in [7, 11) is 0. The first-order chi connectivity index (χ1) is 25.7. The van der Waals surface area contributed by atoms with Crippen LogP contribution in [0.25, 0.3) is 0 Å². The summed E-state index contributed by atoms with van der Waals surface area (Å²) in [6.45, 7) is 1.82. The quantitative estimate of drug-likeness (QED) is 0.142. The van der Waals surface area contributed by atoms with Crippen LogP contribution in [0.4, 0.5) is 24.5 Å². The monoisotopic (exact) mass is 716 g/mol. The van der Waals surface area contributed by atoms with Gasteiger partial charge >= 0.3 is 12.1 Å². The topological polar surface area (TPSA) is 85.2 Å². The van der Waals surface area contributed by atoms with Gasteiger partial charge in [-0.25, -0.2) is 4.79 Å². The van der Waals surface area contributed by atoms with E-state index in [-0.39, 0.29) is 11.9 Å². The second-order valence-corrected chi connectivity index (χ2v) is 13.4. The summed E-state index contributed by atoms with van der Waals surface area (Å²) in [5.74, 6) is -1.34. The molecule has 2 heterocycles. The number of aliphatic imine (C=N–C) groups is 1. The number of fused-ring (bicyclic) bond motifs is 1. The number of hydrogen-bond donors (Lipinski definition) is 2. The first kappa shape index (κ1) is 35.7. The van der Waals surface area contributed by atoms with Crippen molar-refractivity contribution in [2.45, 2.75) is 50.1 Å². The maximum Gasteiger partial charge on any atom is 0.416 e. The summed E-state index contributed by atoms with van der Waals surface area (Å²) in [5, 5.41) is 14.1. The van der Waals surface area contributed by atoms with Gasteiger partial charge in [-0.1, -0.05) is 103 Å². The van der Waals surface area contributed by atoms with Gasteiger partial charge in [-0.15, -0.1) is 0 Å². The number of carbonyl (C=O) groups excluding carboxylic acids is 1. The average molecular weight is 717 g/mol. The lowest BCUT2D eigenvalue weighted by atomic mass is 9.87. The Hall–Kier alpha value is -5.74. The van der Waals surface area contributed by atoms with Gasteiger partial charge < -0.3 is 15.3 Å². The maximum absolute atomic E-state index is 14.0. The second-order valence-electron chi connectivity index (χ2n) is 13.4. The maximum atomic E-state index is 14.0. The molecule has 0 radical (unpaired) electrons. The average Bonchev–Trinajstić information content (AvgIpc) is 3.64. The number of likely N-dealkylation sites (tertiary alicyclic amines) is 1. The number of benzene rings is 5. The fourth-order valence-corrected chi connectivity index (χ4v) is 7.51. The molecule has 2 N–H and O–H groups in total. The molecule has 270 valence electrons. The molecule has 0 bridgehead atoms. The van der Waals surface area contributed by atoms with E-state index in [2.05, 4.69) is 10.2 Å². The fraction of sp³-hybridized carbons (Fsp3) is 0.233. The van der Waals surface area contributed by atoms with Crippen molar-refractivity contribution in [2.75, 3.05) is 23.3 Å². The Labute approximate surface area is 306 Å². The number of para-hydroxylation sites is 1. The summed E-state index contributed by atoms with van der Waals surface area (Å²) in [6.07, 6.45) is -2.33. The molecule has 0 aliphatic carbocycles. The molecule has 1 saturated heterocycles. The molecule has 1 fully saturated rings. The van der Waals surface area contributed by atoms with Crippen LogP contribution >= 0.6 is 0 Å². The Balaban J connectivity index is 1.29. The normalized spacial score (nSPS) is 18.3. The van der Waals surface area contributed by atoms with E-state index in [0.29, 0.717) is 54.1 Å². The molecule has 0 aromatic heterocycles. The van der Waals surface area contributed by atoms with Gasteiger partial charge in [0.15, 0.2) is 6.04 Å². The molecule has 0 spiro atoms. The summed E-state index contributed by atoms with van der Waals surface area (Å²) in [4.78, 5) is 36.5. The lowest BCUT2D eigenvalue weighted by Crippen LogP contribution is -2.44. The molecule has 0 saturated carbocycles. The zero-order chi connectivity index (χ0) is 37.0. The first-order valence-corrected chi connectivity index (χ1v) is 17.7.